The molecule has 1 aliphatic heterocycles. The third-order valence-electron chi connectivity index (χ3n) is 3.51. The SMILES string of the molecule is O=S(=O)(c1cccc(Cl)c1)N1CCN(c2ncccn2)CC1. The van der Waals surface area contributed by atoms with Crippen molar-refractivity contribution in [1.29, 1.82) is 0 Å². The lowest BCUT2D eigenvalue weighted by atomic mass is 10.4. The second kappa shape index (κ2) is 6.20. The minimum absolute atomic E-state index is 0.226. The van der Waals surface area contributed by atoms with Crippen molar-refractivity contribution in [2.75, 3.05) is 31.1 Å². The molecule has 0 amide bonds. The Bertz CT molecular complexity index is 746. The molecule has 2 heterocycles. The van der Waals surface area contributed by atoms with Crippen LogP contribution in [-0.4, -0.2) is 48.9 Å². The molecular formula is C14H15ClN4O2S. The van der Waals surface area contributed by atoms with E-state index < -0.39 is 10.0 Å². The zero-order valence-corrected chi connectivity index (χ0v) is 13.3. The Morgan fingerprint density at radius 1 is 1.00 bits per heavy atom. The van der Waals surface area contributed by atoms with Gasteiger partial charge in [0.05, 0.1) is 4.90 Å². The monoisotopic (exact) mass is 338 g/mol. The molecule has 22 heavy (non-hydrogen) atoms. The van der Waals surface area contributed by atoms with Crippen LogP contribution in [0.3, 0.4) is 0 Å². The predicted octanol–water partition coefficient (Wildman–Crippen LogP) is 1.64. The van der Waals surface area contributed by atoms with Crippen LogP contribution in [0.5, 0.6) is 0 Å². The summed E-state index contributed by atoms with van der Waals surface area (Å²) in [5.41, 5.74) is 0. The highest BCUT2D eigenvalue weighted by Crippen LogP contribution is 2.21. The second-order valence-corrected chi connectivity index (χ2v) is 7.27. The molecule has 0 radical (unpaired) electrons. The molecule has 0 saturated carbocycles. The molecule has 0 bridgehead atoms. The van der Waals surface area contributed by atoms with Crippen LogP contribution in [0.4, 0.5) is 5.95 Å². The highest BCUT2D eigenvalue weighted by molar-refractivity contribution is 7.89. The fraction of sp³-hybridized carbons (Fsp3) is 0.286. The van der Waals surface area contributed by atoms with Crippen molar-refractivity contribution in [3.63, 3.8) is 0 Å². The van der Waals surface area contributed by atoms with E-state index in [4.69, 9.17) is 11.6 Å². The van der Waals surface area contributed by atoms with E-state index in [2.05, 4.69) is 9.97 Å². The summed E-state index contributed by atoms with van der Waals surface area (Å²) in [7, 11) is -3.51. The first kappa shape index (κ1) is 15.2. The molecular weight excluding hydrogens is 324 g/mol. The summed E-state index contributed by atoms with van der Waals surface area (Å²) in [5, 5.41) is 0.414. The molecule has 1 aromatic carbocycles. The van der Waals surface area contributed by atoms with Gasteiger partial charge in [0.15, 0.2) is 0 Å². The Morgan fingerprint density at radius 3 is 2.32 bits per heavy atom. The van der Waals surface area contributed by atoms with Gasteiger partial charge in [-0.1, -0.05) is 17.7 Å². The summed E-state index contributed by atoms with van der Waals surface area (Å²) in [6.07, 6.45) is 3.36. The summed E-state index contributed by atoms with van der Waals surface area (Å²) < 4.78 is 26.7. The van der Waals surface area contributed by atoms with Gasteiger partial charge in [0.25, 0.3) is 0 Å². The van der Waals surface area contributed by atoms with E-state index in [-0.39, 0.29) is 4.90 Å². The third kappa shape index (κ3) is 3.06. The maximum atomic E-state index is 12.6. The molecule has 8 heteroatoms. The number of hydrogen-bond acceptors (Lipinski definition) is 5. The molecule has 0 aliphatic carbocycles. The van der Waals surface area contributed by atoms with E-state index in [9.17, 15) is 8.42 Å². The van der Waals surface area contributed by atoms with Crippen LogP contribution in [-0.2, 0) is 10.0 Å². The third-order valence-corrected chi connectivity index (χ3v) is 5.64. The summed E-state index contributed by atoms with van der Waals surface area (Å²) >= 11 is 5.89. The Morgan fingerprint density at radius 2 is 1.68 bits per heavy atom. The lowest BCUT2D eigenvalue weighted by molar-refractivity contribution is 0.382. The Labute approximate surface area is 134 Å². The first-order valence-corrected chi connectivity index (χ1v) is 8.67. The summed E-state index contributed by atoms with van der Waals surface area (Å²) in [6.45, 7) is 1.91. The van der Waals surface area contributed by atoms with Crippen molar-refractivity contribution in [1.82, 2.24) is 14.3 Å². The Kier molecular flexibility index (Phi) is 4.28. The van der Waals surface area contributed by atoms with Gasteiger partial charge in [-0.05, 0) is 24.3 Å². The van der Waals surface area contributed by atoms with Gasteiger partial charge < -0.3 is 4.90 Å². The fourth-order valence-corrected chi connectivity index (χ4v) is 4.08. The van der Waals surface area contributed by atoms with Crippen molar-refractivity contribution in [2.24, 2.45) is 0 Å². The standard InChI is InChI=1S/C14H15ClN4O2S/c15-12-3-1-4-13(11-12)22(20,21)19-9-7-18(8-10-19)14-16-5-2-6-17-14/h1-6,11H,7-10H2. The average molecular weight is 339 g/mol. The summed E-state index contributed by atoms with van der Waals surface area (Å²) in [4.78, 5) is 10.6. The topological polar surface area (TPSA) is 66.4 Å². The summed E-state index contributed by atoms with van der Waals surface area (Å²) in [6, 6.07) is 8.09. The predicted molar refractivity (Wildman–Crippen MR) is 84.5 cm³/mol. The van der Waals surface area contributed by atoms with E-state index in [0.29, 0.717) is 37.1 Å². The fourth-order valence-electron chi connectivity index (χ4n) is 2.36. The number of rotatable bonds is 3. The van der Waals surface area contributed by atoms with Crippen molar-refractivity contribution < 1.29 is 8.42 Å². The van der Waals surface area contributed by atoms with Crippen LogP contribution in [0, 0.1) is 0 Å². The second-order valence-electron chi connectivity index (χ2n) is 4.90. The molecule has 3 rings (SSSR count). The number of halogens is 1. The average Bonchev–Trinajstić information content (AvgIpc) is 2.56. The van der Waals surface area contributed by atoms with Gasteiger partial charge in [-0.25, -0.2) is 18.4 Å². The van der Waals surface area contributed by atoms with E-state index in [1.807, 2.05) is 4.90 Å². The number of piperazine rings is 1. The molecule has 1 saturated heterocycles. The summed E-state index contributed by atoms with van der Waals surface area (Å²) in [5.74, 6) is 0.627. The molecule has 6 nitrogen and oxygen atoms in total. The lowest BCUT2D eigenvalue weighted by Crippen LogP contribution is -2.49. The minimum Gasteiger partial charge on any atom is -0.338 e. The molecule has 116 valence electrons. The molecule has 0 unspecified atom stereocenters. The van der Waals surface area contributed by atoms with E-state index in [1.165, 1.54) is 10.4 Å². The van der Waals surface area contributed by atoms with Crippen LogP contribution in [0.25, 0.3) is 0 Å². The Hall–Kier alpha value is -1.70. The molecule has 2 aromatic rings. The number of benzene rings is 1. The van der Waals surface area contributed by atoms with Crippen molar-refractivity contribution in [3.8, 4) is 0 Å². The van der Waals surface area contributed by atoms with Gasteiger partial charge >= 0.3 is 0 Å². The van der Waals surface area contributed by atoms with Crippen molar-refractivity contribution in [2.45, 2.75) is 4.90 Å². The lowest BCUT2D eigenvalue weighted by Gasteiger charge is -2.33. The van der Waals surface area contributed by atoms with Crippen LogP contribution in [0.2, 0.25) is 5.02 Å². The number of hydrogen-bond donors (Lipinski definition) is 0. The molecule has 0 spiro atoms. The quantitative estimate of drug-likeness (QED) is 0.851. The van der Waals surface area contributed by atoms with E-state index in [1.54, 1.807) is 36.7 Å². The molecule has 1 aliphatic rings. The van der Waals surface area contributed by atoms with Gasteiger partial charge in [-0.2, -0.15) is 4.31 Å². The maximum Gasteiger partial charge on any atom is 0.243 e. The van der Waals surface area contributed by atoms with Crippen molar-refractivity contribution >= 4 is 27.6 Å². The largest absolute Gasteiger partial charge is 0.338 e. The number of aromatic nitrogens is 2. The van der Waals surface area contributed by atoms with Crippen LogP contribution in [0.1, 0.15) is 0 Å². The molecule has 0 atom stereocenters. The van der Waals surface area contributed by atoms with Gasteiger partial charge in [0.2, 0.25) is 16.0 Å². The number of anilines is 1. The molecule has 0 N–H and O–H groups in total. The zero-order valence-electron chi connectivity index (χ0n) is 11.8. The first-order valence-electron chi connectivity index (χ1n) is 6.85. The van der Waals surface area contributed by atoms with Gasteiger partial charge in [-0.15, -0.1) is 0 Å². The normalized spacial score (nSPS) is 16.7. The van der Waals surface area contributed by atoms with Crippen LogP contribution in [0.15, 0.2) is 47.6 Å². The van der Waals surface area contributed by atoms with E-state index >= 15 is 0 Å². The van der Waals surface area contributed by atoms with Crippen LogP contribution >= 0.6 is 11.6 Å². The van der Waals surface area contributed by atoms with Crippen LogP contribution < -0.4 is 4.90 Å². The van der Waals surface area contributed by atoms with Crippen molar-refractivity contribution in [3.05, 3.63) is 47.7 Å². The number of nitrogens with zero attached hydrogens (tertiary/aromatic N) is 4. The minimum atomic E-state index is -3.51. The van der Waals surface area contributed by atoms with Gasteiger partial charge in [0.1, 0.15) is 0 Å². The molecule has 1 fully saturated rings. The number of sulfonamides is 1. The molecule has 1 aromatic heterocycles. The smallest absolute Gasteiger partial charge is 0.243 e. The highest BCUT2D eigenvalue weighted by Gasteiger charge is 2.29. The first-order chi connectivity index (χ1) is 10.6. The zero-order chi connectivity index (χ0) is 15.6. The van der Waals surface area contributed by atoms with Gasteiger partial charge in [0, 0.05) is 43.6 Å². The van der Waals surface area contributed by atoms with E-state index in [0.717, 1.165) is 0 Å². The highest BCUT2D eigenvalue weighted by atomic mass is 35.5. The maximum absolute atomic E-state index is 12.6. The van der Waals surface area contributed by atoms with Gasteiger partial charge in [-0.3, -0.25) is 0 Å². The Balaban J connectivity index is 1.73.